The number of carbonyl (C=O) groups is 2. The predicted molar refractivity (Wildman–Crippen MR) is 104 cm³/mol. The van der Waals surface area contributed by atoms with Crippen molar-refractivity contribution in [1.82, 2.24) is 10.3 Å². The molecule has 2 amide bonds. The monoisotopic (exact) mass is 388 g/mol. The van der Waals surface area contributed by atoms with E-state index in [1.54, 1.807) is 18.2 Å². The van der Waals surface area contributed by atoms with Gasteiger partial charge in [-0.3, -0.25) is 14.9 Å². The summed E-state index contributed by atoms with van der Waals surface area (Å²) in [7, 11) is 0. The second-order valence-corrected chi connectivity index (χ2v) is 6.74. The number of rotatable bonds is 3. The molecule has 0 aliphatic heterocycles. The zero-order chi connectivity index (χ0) is 18.7. The number of hydrogen-bond acceptors (Lipinski definition) is 5. The molecular formula is C17H13FN4O2S2. The Labute approximate surface area is 157 Å². The summed E-state index contributed by atoms with van der Waals surface area (Å²) in [5.41, 5.74) is 1.56. The van der Waals surface area contributed by atoms with Crippen molar-refractivity contribution in [2.45, 2.75) is 6.92 Å². The lowest BCUT2D eigenvalue weighted by Crippen LogP contribution is -2.34. The quantitative estimate of drug-likeness (QED) is 0.598. The molecule has 2 aromatic carbocycles. The summed E-state index contributed by atoms with van der Waals surface area (Å²) in [5, 5.41) is 8.56. The van der Waals surface area contributed by atoms with Gasteiger partial charge < -0.3 is 10.6 Å². The molecule has 0 spiro atoms. The normalized spacial score (nSPS) is 10.4. The van der Waals surface area contributed by atoms with Crippen molar-refractivity contribution in [3.63, 3.8) is 0 Å². The molecular weight excluding hydrogens is 375 g/mol. The van der Waals surface area contributed by atoms with Crippen LogP contribution in [0.3, 0.4) is 0 Å². The highest BCUT2D eigenvalue weighted by Gasteiger charge is 2.11. The molecule has 3 aromatic rings. The van der Waals surface area contributed by atoms with Gasteiger partial charge in [0.1, 0.15) is 5.82 Å². The van der Waals surface area contributed by atoms with Gasteiger partial charge in [0.05, 0.1) is 10.2 Å². The van der Waals surface area contributed by atoms with Crippen molar-refractivity contribution >= 4 is 61.5 Å². The standard InChI is InChI=1S/C17H13FN4O2S2/c1-9(23)19-12-5-6-13-14(8-12)26-17(20-13)22-16(25)21-15(24)10-3-2-4-11(18)7-10/h2-8H,1H3,(H,19,23)(H2,20,21,22,24,25). The maximum Gasteiger partial charge on any atom is 0.257 e. The topological polar surface area (TPSA) is 83.1 Å². The number of anilines is 2. The number of amides is 2. The van der Waals surface area contributed by atoms with Gasteiger partial charge in [0.25, 0.3) is 5.91 Å². The third kappa shape index (κ3) is 4.38. The fourth-order valence-corrected chi connectivity index (χ4v) is 3.36. The summed E-state index contributed by atoms with van der Waals surface area (Å²) in [5.74, 6) is -1.18. The first-order valence-electron chi connectivity index (χ1n) is 7.47. The molecule has 0 saturated heterocycles. The van der Waals surface area contributed by atoms with Gasteiger partial charge in [-0.2, -0.15) is 0 Å². The van der Waals surface area contributed by atoms with Crippen LogP contribution in [0.15, 0.2) is 42.5 Å². The molecule has 0 unspecified atom stereocenters. The van der Waals surface area contributed by atoms with Crippen LogP contribution in [0.4, 0.5) is 15.2 Å². The number of thiazole rings is 1. The molecule has 132 valence electrons. The van der Waals surface area contributed by atoms with E-state index in [1.807, 2.05) is 0 Å². The molecule has 0 aliphatic carbocycles. The fourth-order valence-electron chi connectivity index (χ4n) is 2.19. The number of nitrogens with zero attached hydrogens (tertiary/aromatic N) is 1. The second kappa shape index (κ2) is 7.54. The van der Waals surface area contributed by atoms with E-state index < -0.39 is 11.7 Å². The molecule has 9 heteroatoms. The van der Waals surface area contributed by atoms with Crippen molar-refractivity contribution < 1.29 is 14.0 Å². The maximum atomic E-state index is 13.2. The van der Waals surface area contributed by atoms with Crippen molar-refractivity contribution in [2.24, 2.45) is 0 Å². The van der Waals surface area contributed by atoms with E-state index in [9.17, 15) is 14.0 Å². The van der Waals surface area contributed by atoms with Crippen LogP contribution in [-0.4, -0.2) is 21.9 Å². The Hall–Kier alpha value is -2.91. The van der Waals surface area contributed by atoms with E-state index >= 15 is 0 Å². The second-order valence-electron chi connectivity index (χ2n) is 5.30. The molecule has 0 bridgehead atoms. The van der Waals surface area contributed by atoms with Crippen LogP contribution in [0.1, 0.15) is 17.3 Å². The number of carbonyl (C=O) groups excluding carboxylic acids is 2. The van der Waals surface area contributed by atoms with E-state index in [2.05, 4.69) is 20.9 Å². The largest absolute Gasteiger partial charge is 0.326 e. The maximum absolute atomic E-state index is 13.2. The third-order valence-electron chi connectivity index (χ3n) is 3.24. The zero-order valence-electron chi connectivity index (χ0n) is 13.5. The lowest BCUT2D eigenvalue weighted by Gasteiger charge is -2.07. The number of halogens is 1. The summed E-state index contributed by atoms with van der Waals surface area (Å²) in [6.45, 7) is 1.43. The average molecular weight is 388 g/mol. The molecule has 0 aliphatic rings. The van der Waals surface area contributed by atoms with Crippen LogP contribution in [0.2, 0.25) is 0 Å². The van der Waals surface area contributed by atoms with Crippen molar-refractivity contribution in [2.75, 3.05) is 10.6 Å². The number of aromatic nitrogens is 1. The minimum atomic E-state index is -0.518. The van der Waals surface area contributed by atoms with Gasteiger partial charge >= 0.3 is 0 Å². The van der Waals surface area contributed by atoms with Gasteiger partial charge in [-0.15, -0.1) is 0 Å². The molecule has 1 heterocycles. The summed E-state index contributed by atoms with van der Waals surface area (Å²) in [6.07, 6.45) is 0. The van der Waals surface area contributed by atoms with Crippen LogP contribution in [-0.2, 0) is 4.79 Å². The summed E-state index contributed by atoms with van der Waals surface area (Å²) < 4.78 is 14.0. The molecule has 6 nitrogen and oxygen atoms in total. The van der Waals surface area contributed by atoms with E-state index in [4.69, 9.17) is 12.2 Å². The first kappa shape index (κ1) is 17.9. The van der Waals surface area contributed by atoms with E-state index in [-0.39, 0.29) is 16.6 Å². The van der Waals surface area contributed by atoms with Crippen LogP contribution in [0.5, 0.6) is 0 Å². The van der Waals surface area contributed by atoms with Gasteiger partial charge in [0.15, 0.2) is 10.2 Å². The minimum Gasteiger partial charge on any atom is -0.326 e. The van der Waals surface area contributed by atoms with E-state index in [0.29, 0.717) is 10.8 Å². The number of nitrogens with one attached hydrogen (secondary N) is 3. The molecule has 1 aromatic heterocycles. The fraction of sp³-hybridized carbons (Fsp3) is 0.0588. The number of benzene rings is 2. The molecule has 0 atom stereocenters. The van der Waals surface area contributed by atoms with E-state index in [1.165, 1.54) is 36.5 Å². The highest BCUT2D eigenvalue weighted by molar-refractivity contribution is 7.80. The summed E-state index contributed by atoms with van der Waals surface area (Å²) >= 11 is 6.43. The summed E-state index contributed by atoms with van der Waals surface area (Å²) in [6, 6.07) is 10.6. The zero-order valence-corrected chi connectivity index (χ0v) is 15.1. The van der Waals surface area contributed by atoms with Gasteiger partial charge in [0, 0.05) is 18.2 Å². The van der Waals surface area contributed by atoms with Gasteiger partial charge in [-0.05, 0) is 48.6 Å². The smallest absolute Gasteiger partial charge is 0.257 e. The van der Waals surface area contributed by atoms with Crippen LogP contribution < -0.4 is 16.0 Å². The Morgan fingerprint density at radius 1 is 1.15 bits per heavy atom. The lowest BCUT2D eigenvalue weighted by molar-refractivity contribution is -0.114. The minimum absolute atomic E-state index is 0.0559. The predicted octanol–water partition coefficient (Wildman–Crippen LogP) is 3.52. The van der Waals surface area contributed by atoms with Crippen LogP contribution >= 0.6 is 23.6 Å². The summed E-state index contributed by atoms with van der Waals surface area (Å²) in [4.78, 5) is 27.5. The average Bonchev–Trinajstić information content (AvgIpc) is 2.95. The highest BCUT2D eigenvalue weighted by Crippen LogP contribution is 2.28. The molecule has 0 saturated carbocycles. The Bertz CT molecular complexity index is 1020. The third-order valence-corrected chi connectivity index (χ3v) is 4.38. The molecule has 3 N–H and O–H groups in total. The SMILES string of the molecule is CC(=O)Nc1ccc2nc(NC(=S)NC(=O)c3cccc(F)c3)sc2c1. The van der Waals surface area contributed by atoms with Gasteiger partial charge in [-0.1, -0.05) is 17.4 Å². The van der Waals surface area contributed by atoms with E-state index in [0.717, 1.165) is 16.3 Å². The molecule has 0 fully saturated rings. The van der Waals surface area contributed by atoms with Gasteiger partial charge in [0.2, 0.25) is 5.91 Å². The molecule has 26 heavy (non-hydrogen) atoms. The number of fused-ring (bicyclic) bond motifs is 1. The lowest BCUT2D eigenvalue weighted by atomic mass is 10.2. The Morgan fingerprint density at radius 2 is 1.96 bits per heavy atom. The van der Waals surface area contributed by atoms with Gasteiger partial charge in [-0.25, -0.2) is 9.37 Å². The Balaban J connectivity index is 1.69. The van der Waals surface area contributed by atoms with Crippen molar-refractivity contribution in [3.05, 3.63) is 53.8 Å². The Kier molecular flexibility index (Phi) is 5.19. The van der Waals surface area contributed by atoms with Crippen molar-refractivity contribution in [1.29, 1.82) is 0 Å². The molecule has 3 rings (SSSR count). The molecule has 0 radical (unpaired) electrons. The number of thiocarbonyl (C=S) groups is 1. The van der Waals surface area contributed by atoms with Crippen LogP contribution in [0, 0.1) is 5.82 Å². The van der Waals surface area contributed by atoms with Crippen LogP contribution in [0.25, 0.3) is 10.2 Å². The Morgan fingerprint density at radius 3 is 2.69 bits per heavy atom. The highest BCUT2D eigenvalue weighted by atomic mass is 32.1. The number of hydrogen-bond donors (Lipinski definition) is 3. The first-order valence-corrected chi connectivity index (χ1v) is 8.69. The van der Waals surface area contributed by atoms with Crippen molar-refractivity contribution in [3.8, 4) is 0 Å². The first-order chi connectivity index (χ1) is 12.4.